The molecule has 14 heavy (non-hydrogen) atoms. The summed E-state index contributed by atoms with van der Waals surface area (Å²) in [7, 11) is 0. The Bertz CT molecular complexity index is 239. The number of amides is 1. The maximum Gasteiger partial charge on any atom is 0.471 e. The molecule has 1 fully saturated rings. The molecule has 80 valence electrons. The lowest BCUT2D eigenvalue weighted by atomic mass is 9.94. The highest BCUT2D eigenvalue weighted by atomic mass is 19.4. The zero-order valence-corrected chi connectivity index (χ0v) is 7.36. The summed E-state index contributed by atoms with van der Waals surface area (Å²) in [5.74, 6) is -1.88. The first-order valence-electron chi connectivity index (χ1n) is 4.29. The van der Waals surface area contributed by atoms with Crippen LogP contribution >= 0.6 is 0 Å². The summed E-state index contributed by atoms with van der Waals surface area (Å²) in [6.07, 6.45) is -3.71. The predicted molar refractivity (Wildman–Crippen MR) is 41.5 cm³/mol. The Kier molecular flexibility index (Phi) is 3.13. The molecular weight excluding hydrogens is 199 g/mol. The van der Waals surface area contributed by atoms with Crippen molar-refractivity contribution in [3.05, 3.63) is 0 Å². The standard InChI is InChI=1S/C8H10F3NO2/c9-8(10,11)7(14)12-5-1-3-6(13)4-2-5/h5H,1-4H2,(H,12,14). The maximum absolute atomic E-state index is 11.8. The first-order valence-corrected chi connectivity index (χ1v) is 4.29. The van der Waals surface area contributed by atoms with Gasteiger partial charge in [0, 0.05) is 18.9 Å². The second-order valence-electron chi connectivity index (χ2n) is 3.28. The van der Waals surface area contributed by atoms with Gasteiger partial charge < -0.3 is 5.32 Å². The van der Waals surface area contributed by atoms with E-state index in [-0.39, 0.29) is 18.6 Å². The van der Waals surface area contributed by atoms with Crippen LogP contribution in [-0.2, 0) is 9.59 Å². The molecule has 0 aromatic carbocycles. The highest BCUT2D eigenvalue weighted by Gasteiger charge is 2.39. The molecule has 0 heterocycles. The molecule has 3 nitrogen and oxygen atoms in total. The van der Waals surface area contributed by atoms with Crippen LogP contribution in [0.1, 0.15) is 25.7 Å². The van der Waals surface area contributed by atoms with Crippen molar-refractivity contribution in [3.63, 3.8) is 0 Å². The number of halogens is 3. The SMILES string of the molecule is O=C1CCC(NC(=O)C(F)(F)F)CC1. The Balaban J connectivity index is 2.38. The number of carbonyl (C=O) groups excluding carboxylic acids is 2. The van der Waals surface area contributed by atoms with Crippen molar-refractivity contribution >= 4 is 11.7 Å². The third-order valence-electron chi connectivity index (χ3n) is 2.14. The van der Waals surface area contributed by atoms with Crippen molar-refractivity contribution in [3.8, 4) is 0 Å². The fraction of sp³-hybridized carbons (Fsp3) is 0.750. The van der Waals surface area contributed by atoms with Crippen LogP contribution in [0.5, 0.6) is 0 Å². The zero-order chi connectivity index (χ0) is 10.8. The molecule has 0 bridgehead atoms. The predicted octanol–water partition coefficient (Wildman–Crippen LogP) is 1.18. The summed E-state index contributed by atoms with van der Waals surface area (Å²) in [5.41, 5.74) is 0. The van der Waals surface area contributed by atoms with Crippen LogP contribution in [0, 0.1) is 0 Å². The lowest BCUT2D eigenvalue weighted by Gasteiger charge is -2.22. The van der Waals surface area contributed by atoms with Gasteiger partial charge in [-0.3, -0.25) is 9.59 Å². The second-order valence-corrected chi connectivity index (χ2v) is 3.28. The van der Waals surface area contributed by atoms with Gasteiger partial charge in [-0.2, -0.15) is 13.2 Å². The number of nitrogens with one attached hydrogen (secondary N) is 1. The Hall–Kier alpha value is -1.07. The monoisotopic (exact) mass is 209 g/mol. The van der Waals surface area contributed by atoms with E-state index in [1.165, 1.54) is 0 Å². The molecule has 0 unspecified atom stereocenters. The number of hydrogen-bond acceptors (Lipinski definition) is 2. The second kappa shape index (κ2) is 3.98. The average Bonchev–Trinajstić information content (AvgIpc) is 2.07. The van der Waals surface area contributed by atoms with Gasteiger partial charge in [0.1, 0.15) is 5.78 Å². The summed E-state index contributed by atoms with van der Waals surface area (Å²) in [6, 6.07) is -0.512. The van der Waals surface area contributed by atoms with E-state index in [1.54, 1.807) is 0 Å². The molecule has 1 N–H and O–H groups in total. The van der Waals surface area contributed by atoms with E-state index in [1.807, 2.05) is 5.32 Å². The minimum atomic E-state index is -4.83. The quantitative estimate of drug-likeness (QED) is 0.704. The van der Waals surface area contributed by atoms with Crippen molar-refractivity contribution in [1.29, 1.82) is 0 Å². The number of hydrogen-bond donors (Lipinski definition) is 1. The van der Waals surface area contributed by atoms with Gasteiger partial charge in [0.2, 0.25) is 0 Å². The molecule has 1 amide bonds. The van der Waals surface area contributed by atoms with Crippen LogP contribution < -0.4 is 5.32 Å². The van der Waals surface area contributed by atoms with Crippen molar-refractivity contribution < 1.29 is 22.8 Å². The molecular formula is C8H10F3NO2. The average molecular weight is 209 g/mol. The largest absolute Gasteiger partial charge is 0.471 e. The van der Waals surface area contributed by atoms with E-state index in [4.69, 9.17) is 0 Å². The Labute approximate surface area is 78.7 Å². The van der Waals surface area contributed by atoms with Gasteiger partial charge in [0.15, 0.2) is 0 Å². The van der Waals surface area contributed by atoms with Crippen molar-refractivity contribution in [1.82, 2.24) is 5.32 Å². The third-order valence-corrected chi connectivity index (χ3v) is 2.14. The van der Waals surface area contributed by atoms with Crippen LogP contribution in [0.25, 0.3) is 0 Å². The molecule has 0 aliphatic heterocycles. The molecule has 1 rings (SSSR count). The van der Waals surface area contributed by atoms with Gasteiger partial charge in [-0.1, -0.05) is 0 Å². The van der Waals surface area contributed by atoms with Crippen molar-refractivity contribution in [2.45, 2.75) is 37.9 Å². The fourth-order valence-electron chi connectivity index (χ4n) is 1.35. The molecule has 0 aromatic rings. The molecule has 0 spiro atoms. The molecule has 0 aromatic heterocycles. The van der Waals surface area contributed by atoms with Crippen LogP contribution in [-0.4, -0.2) is 23.9 Å². The molecule has 0 saturated heterocycles. The number of carbonyl (C=O) groups is 2. The van der Waals surface area contributed by atoms with E-state index in [0.29, 0.717) is 12.8 Å². The van der Waals surface area contributed by atoms with Gasteiger partial charge in [-0.05, 0) is 12.8 Å². The van der Waals surface area contributed by atoms with Crippen LogP contribution in [0.15, 0.2) is 0 Å². The smallest absolute Gasteiger partial charge is 0.346 e. The Morgan fingerprint density at radius 3 is 2.21 bits per heavy atom. The van der Waals surface area contributed by atoms with Crippen molar-refractivity contribution in [2.75, 3.05) is 0 Å². The summed E-state index contributed by atoms with van der Waals surface area (Å²) >= 11 is 0. The highest BCUT2D eigenvalue weighted by molar-refractivity contribution is 5.83. The molecule has 0 radical (unpaired) electrons. The van der Waals surface area contributed by atoms with Gasteiger partial charge in [0.25, 0.3) is 0 Å². The van der Waals surface area contributed by atoms with E-state index in [9.17, 15) is 22.8 Å². The van der Waals surface area contributed by atoms with Gasteiger partial charge >= 0.3 is 12.1 Å². The van der Waals surface area contributed by atoms with Crippen LogP contribution in [0.3, 0.4) is 0 Å². The minimum Gasteiger partial charge on any atom is -0.346 e. The normalized spacial score (nSPS) is 19.5. The highest BCUT2D eigenvalue weighted by Crippen LogP contribution is 2.18. The maximum atomic E-state index is 11.8. The Morgan fingerprint density at radius 2 is 1.79 bits per heavy atom. The van der Waals surface area contributed by atoms with E-state index in [0.717, 1.165) is 0 Å². The number of rotatable bonds is 1. The lowest BCUT2D eigenvalue weighted by Crippen LogP contribution is -2.44. The number of ketones is 1. The van der Waals surface area contributed by atoms with Crippen LogP contribution in [0.4, 0.5) is 13.2 Å². The summed E-state index contributed by atoms with van der Waals surface area (Å²) in [6.45, 7) is 0. The summed E-state index contributed by atoms with van der Waals surface area (Å²) in [4.78, 5) is 21.2. The first-order chi connectivity index (χ1) is 6.39. The third kappa shape index (κ3) is 3.01. The summed E-state index contributed by atoms with van der Waals surface area (Å²) in [5, 5.41) is 1.86. The zero-order valence-electron chi connectivity index (χ0n) is 7.36. The van der Waals surface area contributed by atoms with Crippen molar-refractivity contribution in [2.24, 2.45) is 0 Å². The molecule has 6 heteroatoms. The van der Waals surface area contributed by atoms with Crippen LogP contribution in [0.2, 0.25) is 0 Å². The fourth-order valence-corrected chi connectivity index (χ4v) is 1.35. The van der Waals surface area contributed by atoms with E-state index < -0.39 is 18.1 Å². The molecule has 1 aliphatic carbocycles. The molecule has 1 saturated carbocycles. The molecule has 0 atom stereocenters. The Morgan fingerprint density at radius 1 is 1.29 bits per heavy atom. The molecule has 1 aliphatic rings. The number of alkyl halides is 3. The van der Waals surface area contributed by atoms with E-state index in [2.05, 4.69) is 0 Å². The lowest BCUT2D eigenvalue weighted by molar-refractivity contribution is -0.174. The van der Waals surface area contributed by atoms with Gasteiger partial charge in [-0.15, -0.1) is 0 Å². The minimum absolute atomic E-state index is 0.0440. The van der Waals surface area contributed by atoms with E-state index >= 15 is 0 Å². The summed E-state index contributed by atoms with van der Waals surface area (Å²) < 4.78 is 35.4. The first kappa shape index (κ1) is 11.0. The topological polar surface area (TPSA) is 46.2 Å². The number of Topliss-reactive ketones (excluding diaryl/α,β-unsaturated/α-hetero) is 1. The van der Waals surface area contributed by atoms with Gasteiger partial charge in [0.05, 0.1) is 0 Å². The van der Waals surface area contributed by atoms with Gasteiger partial charge in [-0.25, -0.2) is 0 Å².